The first-order valence-electron chi connectivity index (χ1n) is 4.94. The summed E-state index contributed by atoms with van der Waals surface area (Å²) in [4.78, 5) is 0. The molecular weight excluding hydrogens is 168 g/mol. The molecule has 74 valence electrons. The second kappa shape index (κ2) is 7.77. The lowest BCUT2D eigenvalue weighted by Gasteiger charge is -2.21. The topological polar surface area (TPSA) is 18.5 Å². The van der Waals surface area contributed by atoms with Gasteiger partial charge in [-0.05, 0) is 18.9 Å². The number of hydrogen-bond acceptors (Lipinski definition) is 2. The second-order valence-corrected chi connectivity index (χ2v) is 5.50. The van der Waals surface area contributed by atoms with Crippen molar-refractivity contribution in [2.45, 2.75) is 45.6 Å². The van der Waals surface area contributed by atoms with E-state index < -0.39 is 9.28 Å². The second-order valence-electron chi connectivity index (χ2n) is 3.02. The summed E-state index contributed by atoms with van der Waals surface area (Å²) in [6.45, 7) is 7.27. The van der Waals surface area contributed by atoms with Crippen LogP contribution in [0.4, 0.5) is 0 Å². The first-order chi connectivity index (χ1) is 5.79. The van der Waals surface area contributed by atoms with Crippen LogP contribution in [0.15, 0.2) is 0 Å². The summed E-state index contributed by atoms with van der Waals surface area (Å²) in [7, 11) is 0.437. The Kier molecular flexibility index (Phi) is 7.86. The third-order valence-electron chi connectivity index (χ3n) is 2.13. The van der Waals surface area contributed by atoms with Gasteiger partial charge in [0.05, 0.1) is 0 Å². The van der Waals surface area contributed by atoms with E-state index in [-0.39, 0.29) is 0 Å². The maximum Gasteiger partial charge on any atom is 0.324 e. The zero-order chi connectivity index (χ0) is 9.40. The molecule has 0 amide bonds. The van der Waals surface area contributed by atoms with Crippen molar-refractivity contribution in [1.82, 2.24) is 0 Å². The molecule has 0 aliphatic carbocycles. The molecule has 0 saturated carbocycles. The molecule has 0 bridgehead atoms. The summed E-state index contributed by atoms with van der Waals surface area (Å²) in [6, 6.07) is 0. The molecule has 0 heterocycles. The van der Waals surface area contributed by atoms with Crippen molar-refractivity contribution in [2.75, 3.05) is 13.7 Å². The van der Waals surface area contributed by atoms with Crippen LogP contribution in [0.3, 0.4) is 0 Å². The molecule has 0 spiro atoms. The van der Waals surface area contributed by atoms with Gasteiger partial charge in [-0.25, -0.2) is 0 Å². The van der Waals surface area contributed by atoms with Crippen molar-refractivity contribution in [3.8, 4) is 0 Å². The van der Waals surface area contributed by atoms with Gasteiger partial charge in [0, 0.05) is 13.7 Å². The summed E-state index contributed by atoms with van der Waals surface area (Å²) < 4.78 is 11.0. The zero-order valence-corrected chi connectivity index (χ0v) is 9.95. The molecule has 0 aliphatic heterocycles. The lowest BCUT2D eigenvalue weighted by Crippen LogP contribution is -2.27. The highest BCUT2D eigenvalue weighted by molar-refractivity contribution is 6.46. The van der Waals surface area contributed by atoms with Gasteiger partial charge in [-0.1, -0.05) is 26.7 Å². The van der Waals surface area contributed by atoms with Gasteiger partial charge in [0.2, 0.25) is 0 Å². The molecule has 0 aromatic rings. The minimum absolute atomic E-state index is 0.694. The molecule has 0 aromatic carbocycles. The molecule has 0 radical (unpaired) electrons. The van der Waals surface area contributed by atoms with E-state index in [2.05, 4.69) is 13.8 Å². The van der Waals surface area contributed by atoms with Gasteiger partial charge in [-0.2, -0.15) is 0 Å². The molecule has 0 rings (SSSR count). The monoisotopic (exact) mass is 190 g/mol. The highest BCUT2D eigenvalue weighted by Gasteiger charge is 2.22. The van der Waals surface area contributed by atoms with Crippen LogP contribution in [0.5, 0.6) is 0 Å². The van der Waals surface area contributed by atoms with Crippen molar-refractivity contribution >= 4 is 9.28 Å². The SMILES string of the molecule is CCCC(CC)[SiH](OC)OCC. The van der Waals surface area contributed by atoms with Gasteiger partial charge in [0.1, 0.15) is 0 Å². The molecule has 0 saturated heterocycles. The highest BCUT2D eigenvalue weighted by atomic mass is 28.3. The van der Waals surface area contributed by atoms with Crippen LogP contribution < -0.4 is 0 Å². The Labute approximate surface area is 78.1 Å². The minimum Gasteiger partial charge on any atom is -0.400 e. The van der Waals surface area contributed by atoms with Crippen LogP contribution in [-0.2, 0) is 8.85 Å². The van der Waals surface area contributed by atoms with Crippen LogP contribution >= 0.6 is 0 Å². The molecule has 0 aliphatic rings. The van der Waals surface area contributed by atoms with Crippen molar-refractivity contribution in [1.29, 1.82) is 0 Å². The van der Waals surface area contributed by atoms with Gasteiger partial charge in [0.15, 0.2) is 0 Å². The molecule has 0 fully saturated rings. The van der Waals surface area contributed by atoms with E-state index >= 15 is 0 Å². The summed E-state index contributed by atoms with van der Waals surface area (Å²) in [5.74, 6) is 0. The maximum absolute atomic E-state index is 5.61. The van der Waals surface area contributed by atoms with E-state index in [4.69, 9.17) is 8.85 Å². The Morgan fingerprint density at radius 2 is 1.92 bits per heavy atom. The Morgan fingerprint density at radius 1 is 1.25 bits per heavy atom. The van der Waals surface area contributed by atoms with Crippen LogP contribution in [0.1, 0.15) is 40.0 Å². The van der Waals surface area contributed by atoms with E-state index in [9.17, 15) is 0 Å². The lowest BCUT2D eigenvalue weighted by atomic mass is 10.2. The Bertz CT molecular complexity index is 86.5. The van der Waals surface area contributed by atoms with E-state index in [1.807, 2.05) is 6.92 Å². The zero-order valence-electron chi connectivity index (χ0n) is 8.80. The number of hydrogen-bond donors (Lipinski definition) is 0. The van der Waals surface area contributed by atoms with Gasteiger partial charge >= 0.3 is 9.28 Å². The van der Waals surface area contributed by atoms with Crippen LogP contribution in [0.25, 0.3) is 0 Å². The van der Waals surface area contributed by atoms with E-state index in [0.717, 1.165) is 6.61 Å². The maximum atomic E-state index is 5.61. The first kappa shape index (κ1) is 12.1. The van der Waals surface area contributed by atoms with Gasteiger partial charge in [0.25, 0.3) is 0 Å². The van der Waals surface area contributed by atoms with Crippen LogP contribution in [-0.4, -0.2) is 23.0 Å². The molecule has 0 aromatic heterocycles. The Morgan fingerprint density at radius 3 is 2.25 bits per heavy atom. The van der Waals surface area contributed by atoms with Gasteiger partial charge < -0.3 is 8.85 Å². The normalized spacial score (nSPS) is 16.0. The van der Waals surface area contributed by atoms with Crippen LogP contribution in [0.2, 0.25) is 5.54 Å². The van der Waals surface area contributed by atoms with E-state index in [1.54, 1.807) is 7.11 Å². The Hall–Kier alpha value is 0.137. The Balaban J connectivity index is 3.84. The third kappa shape index (κ3) is 4.23. The fourth-order valence-electron chi connectivity index (χ4n) is 1.46. The first-order valence-corrected chi connectivity index (χ1v) is 6.55. The van der Waals surface area contributed by atoms with Crippen molar-refractivity contribution < 1.29 is 8.85 Å². The molecule has 3 heteroatoms. The van der Waals surface area contributed by atoms with E-state index in [0.29, 0.717) is 5.54 Å². The lowest BCUT2D eigenvalue weighted by molar-refractivity contribution is 0.227. The molecule has 2 nitrogen and oxygen atoms in total. The predicted molar refractivity (Wildman–Crippen MR) is 54.7 cm³/mol. The molecule has 12 heavy (non-hydrogen) atoms. The number of rotatable bonds is 7. The summed E-state index contributed by atoms with van der Waals surface area (Å²) in [6.07, 6.45) is 3.68. The largest absolute Gasteiger partial charge is 0.400 e. The van der Waals surface area contributed by atoms with Crippen LogP contribution in [0, 0.1) is 0 Å². The quantitative estimate of drug-likeness (QED) is 0.574. The fourth-order valence-corrected chi connectivity index (χ4v) is 3.58. The van der Waals surface area contributed by atoms with Gasteiger partial charge in [-0.3, -0.25) is 0 Å². The van der Waals surface area contributed by atoms with Crippen molar-refractivity contribution in [3.05, 3.63) is 0 Å². The fraction of sp³-hybridized carbons (Fsp3) is 1.00. The summed E-state index contributed by atoms with van der Waals surface area (Å²) in [5, 5.41) is 0. The average molecular weight is 190 g/mol. The third-order valence-corrected chi connectivity index (χ3v) is 4.83. The molecule has 0 N–H and O–H groups in total. The summed E-state index contributed by atoms with van der Waals surface area (Å²) in [5.41, 5.74) is 0.694. The summed E-state index contributed by atoms with van der Waals surface area (Å²) >= 11 is 0. The molecule has 2 atom stereocenters. The molecule has 2 unspecified atom stereocenters. The van der Waals surface area contributed by atoms with Crippen molar-refractivity contribution in [2.24, 2.45) is 0 Å². The van der Waals surface area contributed by atoms with Crippen molar-refractivity contribution in [3.63, 3.8) is 0 Å². The smallest absolute Gasteiger partial charge is 0.324 e. The predicted octanol–water partition coefficient (Wildman–Crippen LogP) is 2.47. The standard InChI is InChI=1S/C9H22O2Si/c1-5-8-9(6-2)12(10-4)11-7-3/h9,12H,5-8H2,1-4H3. The van der Waals surface area contributed by atoms with E-state index in [1.165, 1.54) is 19.3 Å². The average Bonchev–Trinajstić information content (AvgIpc) is 2.11. The minimum atomic E-state index is -1.35. The molecular formula is C9H22O2Si. The van der Waals surface area contributed by atoms with Gasteiger partial charge in [-0.15, -0.1) is 0 Å². The highest BCUT2D eigenvalue weighted by Crippen LogP contribution is 2.22.